The highest BCUT2D eigenvalue weighted by Crippen LogP contribution is 2.44. The van der Waals surface area contributed by atoms with E-state index in [1.807, 2.05) is 26.0 Å². The van der Waals surface area contributed by atoms with Crippen LogP contribution in [0.2, 0.25) is 0 Å². The van der Waals surface area contributed by atoms with E-state index in [2.05, 4.69) is 5.32 Å². The Morgan fingerprint density at radius 1 is 0.850 bits per heavy atom. The van der Waals surface area contributed by atoms with E-state index < -0.39 is 12.6 Å². The molecular weight excluding hydrogens is 530 g/mol. The molecule has 0 aromatic heterocycles. The molecule has 40 heavy (non-hydrogen) atoms. The number of aliphatic hydroxyl groups excluding tert-OH is 4. The number of rotatable bonds is 11. The molecule has 2 aliphatic heterocycles. The molecule has 0 aromatic rings. The smallest absolute Gasteiger partial charge is 0.199 e. The minimum Gasteiger partial charge on any atom is -0.496 e. The first-order valence-corrected chi connectivity index (χ1v) is 16.8. The van der Waals surface area contributed by atoms with Gasteiger partial charge in [0.05, 0.1) is 41.2 Å². The summed E-state index contributed by atoms with van der Waals surface area (Å²) < 4.78 is 18.5. The van der Waals surface area contributed by atoms with Crippen molar-refractivity contribution < 1.29 is 34.6 Å². The van der Waals surface area contributed by atoms with Crippen LogP contribution in [0.15, 0.2) is 24.2 Å². The van der Waals surface area contributed by atoms with Gasteiger partial charge in [0, 0.05) is 18.3 Å². The number of nitrogens with one attached hydrogen (secondary N) is 1. The summed E-state index contributed by atoms with van der Waals surface area (Å²) in [7, 11) is 0. The van der Waals surface area contributed by atoms with E-state index in [9.17, 15) is 20.4 Å². The van der Waals surface area contributed by atoms with Crippen molar-refractivity contribution in [2.45, 2.75) is 145 Å². The summed E-state index contributed by atoms with van der Waals surface area (Å²) in [5.74, 6) is 1.58. The van der Waals surface area contributed by atoms with Crippen molar-refractivity contribution >= 4 is 11.8 Å². The molecule has 9 unspecified atom stereocenters. The number of aliphatic hydroxyl groups is 4. The Kier molecular flexibility index (Phi) is 10.8. The van der Waals surface area contributed by atoms with E-state index in [1.54, 1.807) is 18.0 Å². The van der Waals surface area contributed by atoms with Gasteiger partial charge in [-0.05, 0) is 94.6 Å². The van der Waals surface area contributed by atoms with Crippen molar-refractivity contribution in [1.29, 1.82) is 0 Å². The standard InChI is InChI=1S/C31H51NO7S/c1-3-22(33)18-7-11-20(12-8-18)30(35)38-24-15-16-25(28-27(24)32-29(40-28)26-6-5-17-37-26)39-31(36)21-13-9-19(10-14-21)23(34)4-2/h5,16-24,26-36H,3-4,6-15H2,1-2H3. The third-order valence-corrected chi connectivity index (χ3v) is 11.8. The van der Waals surface area contributed by atoms with Crippen LogP contribution in [0.4, 0.5) is 0 Å². The van der Waals surface area contributed by atoms with Gasteiger partial charge in [0.2, 0.25) is 0 Å². The van der Waals surface area contributed by atoms with Crippen LogP contribution in [-0.4, -0.2) is 74.1 Å². The molecule has 0 bridgehead atoms. The molecule has 0 spiro atoms. The second kappa shape index (κ2) is 14.1. The van der Waals surface area contributed by atoms with Gasteiger partial charge in [0.1, 0.15) is 11.9 Å². The van der Waals surface area contributed by atoms with E-state index in [-0.39, 0.29) is 52.9 Å². The lowest BCUT2D eigenvalue weighted by Gasteiger charge is -2.39. The third kappa shape index (κ3) is 7.04. The molecule has 9 atom stereocenters. The van der Waals surface area contributed by atoms with Gasteiger partial charge in [0.15, 0.2) is 12.6 Å². The maximum Gasteiger partial charge on any atom is 0.199 e. The predicted molar refractivity (Wildman–Crippen MR) is 155 cm³/mol. The molecule has 5 aliphatic rings. The van der Waals surface area contributed by atoms with Crippen molar-refractivity contribution in [2.24, 2.45) is 23.7 Å². The zero-order valence-electron chi connectivity index (χ0n) is 24.1. The molecule has 9 heteroatoms. The maximum absolute atomic E-state index is 11.1. The Balaban J connectivity index is 1.20. The molecule has 228 valence electrons. The minimum atomic E-state index is -0.868. The number of fused-ring (bicyclic) bond motifs is 1. The van der Waals surface area contributed by atoms with Gasteiger partial charge in [0.25, 0.3) is 0 Å². The van der Waals surface area contributed by atoms with Gasteiger partial charge in [-0.25, -0.2) is 0 Å². The molecular formula is C31H51NO7S. The van der Waals surface area contributed by atoms with E-state index >= 15 is 0 Å². The Labute approximate surface area is 243 Å². The molecule has 0 amide bonds. The first-order valence-electron chi connectivity index (χ1n) is 15.8. The molecule has 2 heterocycles. The van der Waals surface area contributed by atoms with Crippen molar-refractivity contribution in [3.8, 4) is 0 Å². The molecule has 3 fully saturated rings. The van der Waals surface area contributed by atoms with Crippen LogP contribution in [0.1, 0.15) is 90.9 Å². The molecule has 5 rings (SSSR count). The fourth-order valence-corrected chi connectivity index (χ4v) is 9.08. The zero-order chi connectivity index (χ0) is 28.2. The predicted octanol–water partition coefficient (Wildman–Crippen LogP) is 4.17. The highest BCUT2D eigenvalue weighted by molar-refractivity contribution is 8.01. The fraction of sp³-hybridized carbons (Fsp3) is 0.871. The van der Waals surface area contributed by atoms with Gasteiger partial charge < -0.3 is 34.6 Å². The second-order valence-electron chi connectivity index (χ2n) is 12.7. The van der Waals surface area contributed by atoms with Crippen LogP contribution in [0.5, 0.6) is 0 Å². The van der Waals surface area contributed by atoms with Crippen LogP contribution < -0.4 is 5.32 Å². The number of hydrogen-bond acceptors (Lipinski definition) is 9. The molecule has 0 radical (unpaired) electrons. The second-order valence-corrected chi connectivity index (χ2v) is 14.0. The highest BCUT2D eigenvalue weighted by Gasteiger charge is 2.49. The molecule has 8 nitrogen and oxygen atoms in total. The SMILES string of the molecule is CCC(O)C1CCC(C(O)OC2=CCC(OC(O)C3CCC(C(O)CC)CC3)C3NC(C4CC=CO4)SC23)CC1. The number of hydrogen-bond donors (Lipinski definition) is 5. The summed E-state index contributed by atoms with van der Waals surface area (Å²) >= 11 is 1.77. The summed E-state index contributed by atoms with van der Waals surface area (Å²) in [5.41, 5.74) is 0. The average molecular weight is 582 g/mol. The molecule has 3 aliphatic carbocycles. The molecule has 5 N–H and O–H groups in total. The van der Waals surface area contributed by atoms with E-state index in [1.165, 1.54) is 0 Å². The van der Waals surface area contributed by atoms with E-state index in [0.717, 1.165) is 76.4 Å². The van der Waals surface area contributed by atoms with Crippen LogP contribution in [0.3, 0.4) is 0 Å². The third-order valence-electron chi connectivity index (χ3n) is 10.2. The minimum absolute atomic E-state index is 0.0351. The normalized spacial score (nSPS) is 41.0. The van der Waals surface area contributed by atoms with Gasteiger partial charge in [-0.15, -0.1) is 11.8 Å². The van der Waals surface area contributed by atoms with Gasteiger partial charge in [-0.2, -0.15) is 0 Å². The van der Waals surface area contributed by atoms with Crippen LogP contribution in [-0.2, 0) is 14.2 Å². The summed E-state index contributed by atoms with van der Waals surface area (Å²) in [4.78, 5) is 0. The summed E-state index contributed by atoms with van der Waals surface area (Å²) in [6.45, 7) is 4.04. The van der Waals surface area contributed by atoms with Gasteiger partial charge in [-0.1, -0.05) is 13.8 Å². The Morgan fingerprint density at radius 3 is 1.98 bits per heavy atom. The lowest BCUT2D eigenvalue weighted by molar-refractivity contribution is -0.183. The summed E-state index contributed by atoms with van der Waals surface area (Å²) in [6.07, 6.45) is 13.6. The largest absolute Gasteiger partial charge is 0.496 e. The Morgan fingerprint density at radius 2 is 1.43 bits per heavy atom. The van der Waals surface area contributed by atoms with Crippen molar-refractivity contribution in [3.05, 3.63) is 24.2 Å². The summed E-state index contributed by atoms with van der Waals surface area (Å²) in [5, 5.41) is 46.4. The monoisotopic (exact) mass is 581 g/mol. The van der Waals surface area contributed by atoms with Gasteiger partial charge >= 0.3 is 0 Å². The van der Waals surface area contributed by atoms with Crippen molar-refractivity contribution in [1.82, 2.24) is 5.32 Å². The summed E-state index contributed by atoms with van der Waals surface area (Å²) in [6, 6.07) is -0.0604. The maximum atomic E-state index is 11.1. The number of thioether (sulfide) groups is 1. The average Bonchev–Trinajstić information content (AvgIpc) is 3.69. The number of ether oxygens (including phenoxy) is 3. The Bertz CT molecular complexity index is 849. The molecule has 0 aromatic carbocycles. The fourth-order valence-electron chi connectivity index (χ4n) is 7.47. The zero-order valence-corrected chi connectivity index (χ0v) is 25.0. The van der Waals surface area contributed by atoms with E-state index in [4.69, 9.17) is 14.2 Å². The van der Waals surface area contributed by atoms with Crippen molar-refractivity contribution in [3.63, 3.8) is 0 Å². The topological polar surface area (TPSA) is 121 Å². The first kappa shape index (κ1) is 30.6. The first-order chi connectivity index (χ1) is 19.4. The van der Waals surface area contributed by atoms with Crippen LogP contribution in [0, 0.1) is 23.7 Å². The lowest BCUT2D eigenvalue weighted by atomic mass is 9.78. The van der Waals surface area contributed by atoms with E-state index in [0.29, 0.717) is 18.3 Å². The molecule has 1 saturated heterocycles. The quantitative estimate of drug-likeness (QED) is 0.229. The highest BCUT2D eigenvalue weighted by atomic mass is 32.2. The van der Waals surface area contributed by atoms with Crippen LogP contribution >= 0.6 is 11.8 Å². The van der Waals surface area contributed by atoms with Gasteiger partial charge in [-0.3, -0.25) is 5.32 Å². The van der Waals surface area contributed by atoms with Crippen molar-refractivity contribution in [2.75, 3.05) is 0 Å². The Hall–Kier alpha value is -0.810. The lowest BCUT2D eigenvalue weighted by Crippen LogP contribution is -2.51. The van der Waals surface area contributed by atoms with Crippen LogP contribution in [0.25, 0.3) is 0 Å². The molecule has 2 saturated carbocycles.